The molecule has 5 nitrogen and oxygen atoms in total. The van der Waals surface area contributed by atoms with Crippen molar-refractivity contribution in [2.75, 3.05) is 31.8 Å². The van der Waals surface area contributed by atoms with Crippen LogP contribution in [0.3, 0.4) is 0 Å². The third-order valence-electron chi connectivity index (χ3n) is 4.49. The number of nitrogens with one attached hydrogen (secondary N) is 1. The monoisotopic (exact) mass is 372 g/mol. The average molecular weight is 372 g/mol. The van der Waals surface area contributed by atoms with Crippen LogP contribution in [0.2, 0.25) is 0 Å². The highest BCUT2D eigenvalue weighted by Gasteiger charge is 2.33. The van der Waals surface area contributed by atoms with Crippen molar-refractivity contribution in [1.29, 1.82) is 0 Å². The molecule has 1 heterocycles. The fraction of sp³-hybridized carbons (Fsp3) is 0.350. The minimum atomic E-state index is -0.103. The molecule has 1 saturated heterocycles. The second-order valence-electron chi connectivity index (χ2n) is 5.94. The van der Waals surface area contributed by atoms with Crippen molar-refractivity contribution < 1.29 is 14.3 Å². The number of carbonyl (C=O) groups excluding carboxylic acids is 1. The summed E-state index contributed by atoms with van der Waals surface area (Å²) in [5.41, 5.74) is 2.95. The van der Waals surface area contributed by atoms with E-state index in [1.54, 1.807) is 26.0 Å². The van der Waals surface area contributed by atoms with E-state index in [0.717, 1.165) is 29.0 Å². The Morgan fingerprint density at radius 3 is 2.73 bits per heavy atom. The van der Waals surface area contributed by atoms with Crippen LogP contribution in [0, 0.1) is 0 Å². The van der Waals surface area contributed by atoms with Crippen LogP contribution in [0.25, 0.3) is 0 Å². The Morgan fingerprint density at radius 2 is 2.00 bits per heavy atom. The van der Waals surface area contributed by atoms with E-state index in [1.165, 1.54) is 0 Å². The average Bonchev–Trinajstić information content (AvgIpc) is 3.17. The molecule has 0 spiro atoms. The third kappa shape index (κ3) is 3.60. The fourth-order valence-corrected chi connectivity index (χ4v) is 4.45. The van der Waals surface area contributed by atoms with Gasteiger partial charge in [-0.25, -0.2) is 4.79 Å². The van der Waals surface area contributed by atoms with Crippen molar-refractivity contribution in [1.82, 2.24) is 4.90 Å². The lowest BCUT2D eigenvalue weighted by atomic mass is 10.1. The first-order valence-electron chi connectivity index (χ1n) is 8.67. The molecule has 6 heteroatoms. The van der Waals surface area contributed by atoms with Gasteiger partial charge in [0.2, 0.25) is 0 Å². The Balaban J connectivity index is 1.86. The van der Waals surface area contributed by atoms with Crippen molar-refractivity contribution in [2.45, 2.75) is 18.7 Å². The SMILES string of the molecule is CCc1ccccc1NC(=O)N1CCS[C@@H]1c1cccc(OC)c1OC. The van der Waals surface area contributed by atoms with Crippen LogP contribution in [0.5, 0.6) is 11.5 Å². The van der Waals surface area contributed by atoms with Crippen LogP contribution in [0.1, 0.15) is 23.4 Å². The van der Waals surface area contributed by atoms with E-state index in [9.17, 15) is 4.79 Å². The number of hydrogen-bond acceptors (Lipinski definition) is 4. The van der Waals surface area contributed by atoms with Gasteiger partial charge in [-0.1, -0.05) is 37.3 Å². The molecule has 0 bridgehead atoms. The molecule has 26 heavy (non-hydrogen) atoms. The summed E-state index contributed by atoms with van der Waals surface area (Å²) < 4.78 is 11.0. The van der Waals surface area contributed by atoms with Crippen molar-refractivity contribution in [2.24, 2.45) is 0 Å². The zero-order valence-corrected chi connectivity index (χ0v) is 16.1. The summed E-state index contributed by atoms with van der Waals surface area (Å²) in [5, 5.41) is 2.97. The van der Waals surface area contributed by atoms with E-state index >= 15 is 0 Å². The summed E-state index contributed by atoms with van der Waals surface area (Å²) in [5.74, 6) is 2.24. The summed E-state index contributed by atoms with van der Waals surface area (Å²) in [4.78, 5) is 14.8. The smallest absolute Gasteiger partial charge is 0.323 e. The van der Waals surface area contributed by atoms with Crippen LogP contribution in [-0.2, 0) is 6.42 Å². The standard InChI is InChI=1S/C20H24N2O3S/c1-4-14-8-5-6-10-16(14)21-20(23)22-12-13-26-19(22)15-9-7-11-17(24-2)18(15)25-3/h5-11,19H,4,12-13H2,1-3H3,(H,21,23)/t19-/m1/s1. The summed E-state index contributed by atoms with van der Waals surface area (Å²) in [7, 11) is 3.25. The van der Waals surface area contributed by atoms with Gasteiger partial charge >= 0.3 is 6.03 Å². The molecule has 1 N–H and O–H groups in total. The number of ether oxygens (including phenoxy) is 2. The minimum Gasteiger partial charge on any atom is -0.493 e. The highest BCUT2D eigenvalue weighted by molar-refractivity contribution is 7.99. The second kappa shape index (κ2) is 8.36. The van der Waals surface area contributed by atoms with Crippen molar-refractivity contribution in [3.05, 3.63) is 53.6 Å². The number of thioether (sulfide) groups is 1. The largest absolute Gasteiger partial charge is 0.493 e. The first-order chi connectivity index (χ1) is 12.7. The van der Waals surface area contributed by atoms with Gasteiger partial charge in [0.05, 0.1) is 14.2 Å². The van der Waals surface area contributed by atoms with Gasteiger partial charge in [-0.2, -0.15) is 0 Å². The van der Waals surface area contributed by atoms with Gasteiger partial charge in [0.25, 0.3) is 0 Å². The zero-order valence-electron chi connectivity index (χ0n) is 15.3. The molecule has 2 amide bonds. The highest BCUT2D eigenvalue weighted by Crippen LogP contribution is 2.45. The molecule has 0 aliphatic carbocycles. The Hall–Kier alpha value is -2.34. The Kier molecular flexibility index (Phi) is 5.93. The topological polar surface area (TPSA) is 50.8 Å². The van der Waals surface area contributed by atoms with E-state index < -0.39 is 0 Å². The molecule has 1 fully saturated rings. The predicted molar refractivity (Wildman–Crippen MR) is 106 cm³/mol. The third-order valence-corrected chi connectivity index (χ3v) is 5.73. The Bertz CT molecular complexity index is 781. The van der Waals surface area contributed by atoms with Crippen LogP contribution in [0.4, 0.5) is 10.5 Å². The lowest BCUT2D eigenvalue weighted by molar-refractivity contribution is 0.213. The molecular weight excluding hydrogens is 348 g/mol. The molecule has 0 radical (unpaired) electrons. The highest BCUT2D eigenvalue weighted by atomic mass is 32.2. The number of rotatable bonds is 5. The number of aryl methyl sites for hydroxylation is 1. The lowest BCUT2D eigenvalue weighted by Gasteiger charge is -2.26. The number of carbonyl (C=O) groups is 1. The van der Waals surface area contributed by atoms with Crippen LogP contribution in [-0.4, -0.2) is 37.4 Å². The van der Waals surface area contributed by atoms with Gasteiger partial charge in [-0.3, -0.25) is 0 Å². The van der Waals surface area contributed by atoms with Crippen molar-refractivity contribution >= 4 is 23.5 Å². The molecule has 138 valence electrons. The normalized spacial score (nSPS) is 16.4. The molecule has 2 aromatic carbocycles. The molecule has 0 unspecified atom stereocenters. The fourth-order valence-electron chi connectivity index (χ4n) is 3.18. The van der Waals surface area contributed by atoms with Crippen LogP contribution < -0.4 is 14.8 Å². The summed E-state index contributed by atoms with van der Waals surface area (Å²) in [6.07, 6.45) is 0.873. The number of para-hydroxylation sites is 2. The van der Waals surface area contributed by atoms with Gasteiger partial charge in [0.15, 0.2) is 11.5 Å². The van der Waals surface area contributed by atoms with Gasteiger partial charge in [-0.15, -0.1) is 11.8 Å². The van der Waals surface area contributed by atoms with Crippen molar-refractivity contribution in [3.63, 3.8) is 0 Å². The van der Waals surface area contributed by atoms with E-state index in [2.05, 4.69) is 12.2 Å². The number of amides is 2. The number of anilines is 1. The van der Waals surface area contributed by atoms with Gasteiger partial charge in [-0.05, 0) is 24.1 Å². The Morgan fingerprint density at radius 1 is 1.19 bits per heavy atom. The zero-order chi connectivity index (χ0) is 18.5. The number of benzene rings is 2. The predicted octanol–water partition coefficient (Wildman–Crippen LogP) is 4.55. The molecule has 0 aromatic heterocycles. The summed E-state index contributed by atoms with van der Waals surface area (Å²) in [6.45, 7) is 2.77. The molecule has 2 aromatic rings. The molecule has 1 atom stereocenters. The second-order valence-corrected chi connectivity index (χ2v) is 7.13. The van der Waals surface area contributed by atoms with Crippen LogP contribution >= 0.6 is 11.8 Å². The quantitative estimate of drug-likeness (QED) is 0.837. The molecular formula is C20H24N2O3S. The molecule has 1 aliphatic heterocycles. The maximum absolute atomic E-state index is 13.0. The maximum Gasteiger partial charge on any atom is 0.323 e. The number of methoxy groups -OCH3 is 2. The Labute approximate surface area is 158 Å². The number of urea groups is 1. The summed E-state index contributed by atoms with van der Waals surface area (Å²) >= 11 is 1.73. The number of nitrogens with zero attached hydrogens (tertiary/aromatic N) is 1. The molecule has 1 aliphatic rings. The van der Waals surface area contributed by atoms with Gasteiger partial charge < -0.3 is 19.7 Å². The van der Waals surface area contributed by atoms with E-state index in [0.29, 0.717) is 18.0 Å². The molecule has 3 rings (SSSR count). The van der Waals surface area contributed by atoms with Crippen LogP contribution in [0.15, 0.2) is 42.5 Å². The maximum atomic E-state index is 13.0. The number of hydrogen-bond donors (Lipinski definition) is 1. The minimum absolute atomic E-state index is 0.0919. The van der Waals surface area contributed by atoms with Gasteiger partial charge in [0, 0.05) is 23.5 Å². The van der Waals surface area contributed by atoms with E-state index in [4.69, 9.17) is 9.47 Å². The van der Waals surface area contributed by atoms with Gasteiger partial charge in [0.1, 0.15) is 5.37 Å². The lowest BCUT2D eigenvalue weighted by Crippen LogP contribution is -2.34. The van der Waals surface area contributed by atoms with E-state index in [-0.39, 0.29) is 11.4 Å². The molecule has 0 saturated carbocycles. The van der Waals surface area contributed by atoms with E-state index in [1.807, 2.05) is 47.4 Å². The first-order valence-corrected chi connectivity index (χ1v) is 9.72. The first kappa shape index (κ1) is 18.5. The summed E-state index contributed by atoms with van der Waals surface area (Å²) in [6, 6.07) is 13.6. The van der Waals surface area contributed by atoms with Crippen molar-refractivity contribution in [3.8, 4) is 11.5 Å².